The Labute approximate surface area is 126 Å². The second-order valence-corrected chi connectivity index (χ2v) is 5.67. The van der Waals surface area contributed by atoms with Gasteiger partial charge in [0.2, 0.25) is 5.91 Å². The number of halogens is 1. The van der Waals surface area contributed by atoms with Gasteiger partial charge in [-0.2, -0.15) is 5.10 Å². The molecule has 0 fully saturated rings. The summed E-state index contributed by atoms with van der Waals surface area (Å²) < 4.78 is 2.62. The van der Waals surface area contributed by atoms with Crippen LogP contribution in [-0.2, 0) is 18.3 Å². The molecule has 0 spiro atoms. The first-order valence-electron chi connectivity index (χ1n) is 6.28. The fourth-order valence-corrected chi connectivity index (χ4v) is 2.50. The standard InChI is InChI=1S/C14H17BrN4O/c1-9-5-11(15)6-12(14(9)16)18-13(20)4-3-10-7-17-19(2)8-10/h5-8H,3-4,16H2,1-2H3,(H,18,20). The van der Waals surface area contributed by atoms with Crippen LogP contribution in [0, 0.1) is 6.92 Å². The zero-order chi connectivity index (χ0) is 14.7. The number of aryl methyl sites for hydroxylation is 3. The molecule has 0 saturated heterocycles. The van der Waals surface area contributed by atoms with Gasteiger partial charge in [-0.15, -0.1) is 0 Å². The first-order chi connectivity index (χ1) is 9.45. The number of carbonyl (C=O) groups excluding carboxylic acids is 1. The van der Waals surface area contributed by atoms with Crippen LogP contribution in [0.2, 0.25) is 0 Å². The van der Waals surface area contributed by atoms with Crippen molar-refractivity contribution in [3.8, 4) is 0 Å². The number of hydrogen-bond acceptors (Lipinski definition) is 3. The molecule has 0 radical (unpaired) electrons. The van der Waals surface area contributed by atoms with Crippen LogP contribution >= 0.6 is 15.9 Å². The molecule has 0 unspecified atom stereocenters. The maximum atomic E-state index is 12.0. The smallest absolute Gasteiger partial charge is 0.224 e. The second kappa shape index (κ2) is 6.09. The minimum Gasteiger partial charge on any atom is -0.397 e. The lowest BCUT2D eigenvalue weighted by molar-refractivity contribution is -0.116. The summed E-state index contributed by atoms with van der Waals surface area (Å²) in [4.78, 5) is 12.0. The normalized spacial score (nSPS) is 10.6. The van der Waals surface area contributed by atoms with Gasteiger partial charge in [-0.05, 0) is 36.6 Å². The number of hydrogen-bond donors (Lipinski definition) is 2. The minimum absolute atomic E-state index is 0.0574. The van der Waals surface area contributed by atoms with Gasteiger partial charge in [0.25, 0.3) is 0 Å². The van der Waals surface area contributed by atoms with E-state index in [9.17, 15) is 4.79 Å². The Kier molecular flexibility index (Phi) is 4.44. The topological polar surface area (TPSA) is 72.9 Å². The summed E-state index contributed by atoms with van der Waals surface area (Å²) in [6, 6.07) is 3.73. The van der Waals surface area contributed by atoms with Crippen molar-refractivity contribution >= 4 is 33.2 Å². The van der Waals surface area contributed by atoms with Crippen LogP contribution in [0.25, 0.3) is 0 Å². The van der Waals surface area contributed by atoms with Crippen LogP contribution < -0.4 is 11.1 Å². The fourth-order valence-electron chi connectivity index (χ4n) is 1.93. The predicted molar refractivity (Wildman–Crippen MR) is 83.5 cm³/mol. The summed E-state index contributed by atoms with van der Waals surface area (Å²) in [5, 5.41) is 6.92. The van der Waals surface area contributed by atoms with Crippen LogP contribution in [0.3, 0.4) is 0 Å². The zero-order valence-corrected chi connectivity index (χ0v) is 13.1. The largest absolute Gasteiger partial charge is 0.397 e. The van der Waals surface area contributed by atoms with Gasteiger partial charge in [-0.3, -0.25) is 9.48 Å². The highest BCUT2D eigenvalue weighted by atomic mass is 79.9. The summed E-state index contributed by atoms with van der Waals surface area (Å²) >= 11 is 3.40. The van der Waals surface area contributed by atoms with Crippen LogP contribution in [-0.4, -0.2) is 15.7 Å². The molecule has 0 aliphatic heterocycles. The molecule has 0 aliphatic carbocycles. The first kappa shape index (κ1) is 14.6. The molecule has 20 heavy (non-hydrogen) atoms. The van der Waals surface area contributed by atoms with Crippen LogP contribution in [0.15, 0.2) is 29.0 Å². The molecule has 0 aliphatic rings. The quantitative estimate of drug-likeness (QED) is 0.843. The van der Waals surface area contributed by atoms with E-state index in [1.165, 1.54) is 0 Å². The van der Waals surface area contributed by atoms with Crippen molar-refractivity contribution in [3.63, 3.8) is 0 Å². The number of nitrogens with zero attached hydrogens (tertiary/aromatic N) is 2. The van der Waals surface area contributed by atoms with Gasteiger partial charge in [0.15, 0.2) is 0 Å². The highest BCUT2D eigenvalue weighted by Crippen LogP contribution is 2.27. The van der Waals surface area contributed by atoms with Gasteiger partial charge < -0.3 is 11.1 Å². The lowest BCUT2D eigenvalue weighted by Crippen LogP contribution is -2.14. The average Bonchev–Trinajstić information content (AvgIpc) is 2.79. The average molecular weight is 337 g/mol. The maximum Gasteiger partial charge on any atom is 0.224 e. The Hall–Kier alpha value is -1.82. The van der Waals surface area contributed by atoms with Crippen molar-refractivity contribution in [1.29, 1.82) is 0 Å². The molecule has 1 amide bonds. The van der Waals surface area contributed by atoms with Gasteiger partial charge in [0.1, 0.15) is 0 Å². The number of anilines is 2. The van der Waals surface area contributed by atoms with Crippen molar-refractivity contribution in [2.24, 2.45) is 7.05 Å². The number of nitrogens with two attached hydrogens (primary N) is 1. The molecule has 2 rings (SSSR count). The van der Waals surface area contributed by atoms with Crippen molar-refractivity contribution in [1.82, 2.24) is 9.78 Å². The maximum absolute atomic E-state index is 12.0. The van der Waals surface area contributed by atoms with E-state index in [1.807, 2.05) is 32.3 Å². The molecular formula is C14H17BrN4O. The van der Waals surface area contributed by atoms with Gasteiger partial charge in [0.05, 0.1) is 17.6 Å². The number of amides is 1. The van der Waals surface area contributed by atoms with E-state index in [4.69, 9.17) is 5.73 Å². The first-order valence-corrected chi connectivity index (χ1v) is 7.08. The Morgan fingerprint density at radius 3 is 2.90 bits per heavy atom. The molecule has 1 aromatic carbocycles. The molecule has 6 heteroatoms. The van der Waals surface area contributed by atoms with E-state index in [0.29, 0.717) is 24.2 Å². The lowest BCUT2D eigenvalue weighted by atomic mass is 10.1. The third-order valence-electron chi connectivity index (χ3n) is 3.02. The van der Waals surface area contributed by atoms with Gasteiger partial charge in [-0.25, -0.2) is 0 Å². The van der Waals surface area contributed by atoms with Crippen LogP contribution in [0.5, 0.6) is 0 Å². The summed E-state index contributed by atoms with van der Waals surface area (Å²) in [6.07, 6.45) is 4.74. The summed E-state index contributed by atoms with van der Waals surface area (Å²) in [6.45, 7) is 1.91. The van der Waals surface area contributed by atoms with Crippen molar-refractivity contribution in [2.75, 3.05) is 11.1 Å². The molecule has 1 aromatic heterocycles. The van der Waals surface area contributed by atoms with E-state index in [2.05, 4.69) is 26.3 Å². The summed E-state index contributed by atoms with van der Waals surface area (Å²) in [5.41, 5.74) is 9.18. The molecular weight excluding hydrogens is 320 g/mol. The van der Waals surface area contributed by atoms with E-state index >= 15 is 0 Å². The van der Waals surface area contributed by atoms with Crippen molar-refractivity contribution in [2.45, 2.75) is 19.8 Å². The summed E-state index contributed by atoms with van der Waals surface area (Å²) in [5.74, 6) is -0.0574. The molecule has 3 N–H and O–H groups in total. The van der Waals surface area contributed by atoms with Gasteiger partial charge in [0, 0.05) is 24.1 Å². The number of nitrogens with one attached hydrogen (secondary N) is 1. The predicted octanol–water partition coefficient (Wildman–Crippen LogP) is 2.64. The van der Waals surface area contributed by atoms with E-state index in [-0.39, 0.29) is 5.91 Å². The molecule has 0 saturated carbocycles. The minimum atomic E-state index is -0.0574. The number of carbonyl (C=O) groups is 1. The molecule has 5 nitrogen and oxygen atoms in total. The van der Waals surface area contributed by atoms with E-state index in [1.54, 1.807) is 10.9 Å². The Balaban J connectivity index is 1.98. The van der Waals surface area contributed by atoms with Crippen LogP contribution in [0.4, 0.5) is 11.4 Å². The SMILES string of the molecule is Cc1cc(Br)cc(NC(=O)CCc2cnn(C)c2)c1N. The molecule has 0 atom stereocenters. The van der Waals surface area contributed by atoms with Crippen LogP contribution in [0.1, 0.15) is 17.5 Å². The van der Waals surface area contributed by atoms with E-state index < -0.39 is 0 Å². The van der Waals surface area contributed by atoms with Crippen molar-refractivity contribution in [3.05, 3.63) is 40.1 Å². The number of benzene rings is 1. The molecule has 1 heterocycles. The lowest BCUT2D eigenvalue weighted by Gasteiger charge is -2.11. The van der Waals surface area contributed by atoms with Gasteiger partial charge >= 0.3 is 0 Å². The summed E-state index contributed by atoms with van der Waals surface area (Å²) in [7, 11) is 1.86. The third-order valence-corrected chi connectivity index (χ3v) is 3.48. The molecule has 2 aromatic rings. The number of aromatic nitrogens is 2. The number of nitrogen functional groups attached to an aromatic ring is 1. The van der Waals surface area contributed by atoms with E-state index in [0.717, 1.165) is 15.6 Å². The Morgan fingerprint density at radius 1 is 1.50 bits per heavy atom. The van der Waals surface area contributed by atoms with Crippen molar-refractivity contribution < 1.29 is 4.79 Å². The Morgan fingerprint density at radius 2 is 2.25 bits per heavy atom. The molecule has 0 bridgehead atoms. The zero-order valence-electron chi connectivity index (χ0n) is 11.5. The highest BCUT2D eigenvalue weighted by Gasteiger charge is 2.09. The number of rotatable bonds is 4. The molecule has 106 valence electrons. The highest BCUT2D eigenvalue weighted by molar-refractivity contribution is 9.10. The monoisotopic (exact) mass is 336 g/mol. The second-order valence-electron chi connectivity index (χ2n) is 4.75. The fraction of sp³-hybridized carbons (Fsp3) is 0.286. The third kappa shape index (κ3) is 3.60. The Bertz CT molecular complexity index is 636. The van der Waals surface area contributed by atoms with Gasteiger partial charge in [-0.1, -0.05) is 15.9 Å².